The molecule has 1 atom stereocenters. The Hall–Kier alpha value is -2.82. The summed E-state index contributed by atoms with van der Waals surface area (Å²) in [4.78, 5) is 27.8. The average molecular weight is 378 g/mol. The fourth-order valence-electron chi connectivity index (χ4n) is 4.01. The summed E-state index contributed by atoms with van der Waals surface area (Å²) in [5, 5.41) is 2.92. The van der Waals surface area contributed by atoms with Crippen LogP contribution >= 0.6 is 0 Å². The number of aryl methyl sites for hydroxylation is 2. The van der Waals surface area contributed by atoms with Crippen LogP contribution in [0, 0.1) is 13.8 Å². The first-order valence-electron chi connectivity index (χ1n) is 9.99. The lowest BCUT2D eigenvalue weighted by atomic mass is 9.97. The maximum Gasteiger partial charge on any atom is 0.257 e. The van der Waals surface area contributed by atoms with Gasteiger partial charge < -0.3 is 15.0 Å². The zero-order chi connectivity index (χ0) is 19.7. The standard InChI is InChI=1S/C23H26N2O3/c1-15-6-7-17(13-16(15)2)22(26)24-18-8-9-21-20(14-18)23(27)25-11-4-3-5-19(25)10-12-28-21/h6-9,13-14,19H,3-5,10-12H2,1-2H3,(H,24,26). The van der Waals surface area contributed by atoms with Gasteiger partial charge in [0.2, 0.25) is 0 Å². The normalized spacial score (nSPS) is 19.0. The summed E-state index contributed by atoms with van der Waals surface area (Å²) >= 11 is 0. The van der Waals surface area contributed by atoms with Crippen molar-refractivity contribution in [2.45, 2.75) is 45.6 Å². The van der Waals surface area contributed by atoms with Crippen LogP contribution in [0.3, 0.4) is 0 Å². The van der Waals surface area contributed by atoms with Gasteiger partial charge >= 0.3 is 0 Å². The minimum absolute atomic E-state index is 0.00155. The molecule has 2 aromatic carbocycles. The van der Waals surface area contributed by atoms with Crippen molar-refractivity contribution in [1.29, 1.82) is 0 Å². The maximum absolute atomic E-state index is 13.1. The third-order valence-electron chi connectivity index (χ3n) is 5.83. The molecule has 2 heterocycles. The quantitative estimate of drug-likeness (QED) is 0.846. The smallest absolute Gasteiger partial charge is 0.257 e. The summed E-state index contributed by atoms with van der Waals surface area (Å²) in [5.74, 6) is 0.415. The van der Waals surface area contributed by atoms with Crippen LogP contribution < -0.4 is 10.1 Å². The van der Waals surface area contributed by atoms with Gasteiger partial charge in [-0.2, -0.15) is 0 Å². The van der Waals surface area contributed by atoms with E-state index in [9.17, 15) is 9.59 Å². The lowest BCUT2D eigenvalue weighted by molar-refractivity contribution is 0.0548. The molecule has 2 amide bonds. The van der Waals surface area contributed by atoms with Crippen molar-refractivity contribution in [1.82, 2.24) is 4.90 Å². The highest BCUT2D eigenvalue weighted by Gasteiger charge is 2.31. The van der Waals surface area contributed by atoms with Crippen LogP contribution in [0.4, 0.5) is 5.69 Å². The number of fused-ring (bicyclic) bond motifs is 2. The van der Waals surface area contributed by atoms with Gasteiger partial charge in [-0.1, -0.05) is 6.07 Å². The Bertz CT molecular complexity index is 922. The molecule has 0 spiro atoms. The molecule has 0 saturated carbocycles. The van der Waals surface area contributed by atoms with Crippen molar-refractivity contribution >= 4 is 17.5 Å². The molecule has 1 N–H and O–H groups in total. The number of rotatable bonds is 2. The molecule has 0 radical (unpaired) electrons. The molecule has 2 aromatic rings. The molecular weight excluding hydrogens is 352 g/mol. The monoisotopic (exact) mass is 378 g/mol. The highest BCUT2D eigenvalue weighted by Crippen LogP contribution is 2.31. The molecule has 0 bridgehead atoms. The van der Waals surface area contributed by atoms with E-state index in [4.69, 9.17) is 4.74 Å². The Morgan fingerprint density at radius 1 is 1.07 bits per heavy atom. The number of anilines is 1. The van der Waals surface area contributed by atoms with Crippen molar-refractivity contribution in [3.63, 3.8) is 0 Å². The Kier molecular flexibility index (Phi) is 5.07. The second-order valence-corrected chi connectivity index (χ2v) is 7.75. The van der Waals surface area contributed by atoms with Gasteiger partial charge in [-0.3, -0.25) is 9.59 Å². The molecule has 1 unspecified atom stereocenters. The number of benzene rings is 2. The molecular formula is C23H26N2O3. The number of hydrogen-bond acceptors (Lipinski definition) is 3. The molecule has 2 aliphatic rings. The summed E-state index contributed by atoms with van der Waals surface area (Å²) in [7, 11) is 0. The van der Waals surface area contributed by atoms with Gasteiger partial charge in [0.25, 0.3) is 11.8 Å². The van der Waals surface area contributed by atoms with Gasteiger partial charge in [-0.25, -0.2) is 0 Å². The third-order valence-corrected chi connectivity index (χ3v) is 5.83. The average Bonchev–Trinajstić information content (AvgIpc) is 2.69. The van der Waals surface area contributed by atoms with Gasteiger partial charge in [0, 0.05) is 30.3 Å². The number of hydrogen-bond donors (Lipinski definition) is 1. The summed E-state index contributed by atoms with van der Waals surface area (Å²) in [5.41, 5.74) is 3.97. The van der Waals surface area contributed by atoms with E-state index in [0.29, 0.717) is 29.2 Å². The molecule has 4 rings (SSSR count). The predicted octanol–water partition coefficient (Wildman–Crippen LogP) is 4.33. The number of nitrogens with zero attached hydrogens (tertiary/aromatic N) is 1. The molecule has 1 saturated heterocycles. The minimum atomic E-state index is -0.182. The fraction of sp³-hybridized carbons (Fsp3) is 0.391. The van der Waals surface area contributed by atoms with Crippen molar-refractivity contribution < 1.29 is 14.3 Å². The number of amides is 2. The van der Waals surface area contributed by atoms with Crippen LogP contribution in [0.1, 0.15) is 57.5 Å². The van der Waals surface area contributed by atoms with E-state index in [-0.39, 0.29) is 17.9 Å². The van der Waals surface area contributed by atoms with Gasteiger partial charge in [0.05, 0.1) is 12.2 Å². The predicted molar refractivity (Wildman–Crippen MR) is 109 cm³/mol. The van der Waals surface area contributed by atoms with Crippen molar-refractivity contribution in [2.24, 2.45) is 0 Å². The first-order valence-corrected chi connectivity index (χ1v) is 9.99. The first-order chi connectivity index (χ1) is 13.5. The number of ether oxygens (including phenoxy) is 1. The van der Waals surface area contributed by atoms with E-state index < -0.39 is 0 Å². The molecule has 146 valence electrons. The van der Waals surface area contributed by atoms with E-state index >= 15 is 0 Å². The summed E-state index contributed by atoms with van der Waals surface area (Å²) < 4.78 is 5.86. The molecule has 5 heteroatoms. The summed E-state index contributed by atoms with van der Waals surface area (Å²) in [6.45, 7) is 5.41. The molecule has 2 aliphatic heterocycles. The minimum Gasteiger partial charge on any atom is -0.493 e. The topological polar surface area (TPSA) is 58.6 Å². The lowest BCUT2D eigenvalue weighted by Gasteiger charge is -2.37. The molecule has 5 nitrogen and oxygen atoms in total. The maximum atomic E-state index is 13.1. The van der Waals surface area contributed by atoms with Crippen LogP contribution in [-0.4, -0.2) is 35.9 Å². The van der Waals surface area contributed by atoms with Crippen LogP contribution in [0.5, 0.6) is 5.75 Å². The molecule has 0 aliphatic carbocycles. The highest BCUT2D eigenvalue weighted by atomic mass is 16.5. The zero-order valence-corrected chi connectivity index (χ0v) is 16.5. The van der Waals surface area contributed by atoms with Crippen molar-refractivity contribution in [3.05, 3.63) is 58.7 Å². The Labute approximate surface area is 165 Å². The van der Waals surface area contributed by atoms with E-state index in [1.165, 1.54) is 0 Å². The van der Waals surface area contributed by atoms with Gasteiger partial charge in [0.15, 0.2) is 0 Å². The molecule has 28 heavy (non-hydrogen) atoms. The highest BCUT2D eigenvalue weighted by molar-refractivity contribution is 6.05. The van der Waals surface area contributed by atoms with Crippen molar-refractivity contribution in [3.8, 4) is 5.75 Å². The van der Waals surface area contributed by atoms with E-state index in [1.807, 2.05) is 36.9 Å². The van der Waals surface area contributed by atoms with Crippen LogP contribution in [-0.2, 0) is 0 Å². The molecule has 0 aromatic heterocycles. The van der Waals surface area contributed by atoms with Crippen molar-refractivity contribution in [2.75, 3.05) is 18.5 Å². The van der Waals surface area contributed by atoms with Gasteiger partial charge in [-0.05, 0) is 74.6 Å². The number of piperidine rings is 1. The van der Waals surface area contributed by atoms with E-state index in [2.05, 4.69) is 5.32 Å². The van der Waals surface area contributed by atoms with Gasteiger partial charge in [-0.15, -0.1) is 0 Å². The van der Waals surface area contributed by atoms with Crippen LogP contribution in [0.25, 0.3) is 0 Å². The first kappa shape index (κ1) is 18.5. The third kappa shape index (κ3) is 3.61. The Morgan fingerprint density at radius 3 is 2.75 bits per heavy atom. The van der Waals surface area contributed by atoms with Crippen LogP contribution in [0.15, 0.2) is 36.4 Å². The van der Waals surface area contributed by atoms with Gasteiger partial charge in [0.1, 0.15) is 5.75 Å². The lowest BCUT2D eigenvalue weighted by Crippen LogP contribution is -2.45. The Morgan fingerprint density at radius 2 is 1.93 bits per heavy atom. The SMILES string of the molecule is Cc1ccc(C(=O)Nc2ccc3c(c2)C(=O)N2CCCCC2CCO3)cc1C. The second-order valence-electron chi connectivity index (χ2n) is 7.75. The summed E-state index contributed by atoms with van der Waals surface area (Å²) in [6.07, 6.45) is 4.11. The van der Waals surface area contributed by atoms with Crippen LogP contribution in [0.2, 0.25) is 0 Å². The van der Waals surface area contributed by atoms with E-state index in [1.54, 1.807) is 18.2 Å². The number of carbonyl (C=O) groups excluding carboxylic acids is 2. The molecule has 1 fully saturated rings. The largest absolute Gasteiger partial charge is 0.493 e. The fourth-order valence-corrected chi connectivity index (χ4v) is 4.01. The number of nitrogens with one attached hydrogen (secondary N) is 1. The number of carbonyl (C=O) groups is 2. The Balaban J connectivity index is 1.59. The summed E-state index contributed by atoms with van der Waals surface area (Å²) in [6, 6.07) is 11.2. The zero-order valence-electron chi connectivity index (χ0n) is 16.5. The second kappa shape index (κ2) is 7.66. The van der Waals surface area contributed by atoms with E-state index in [0.717, 1.165) is 43.4 Å².